The first-order valence-corrected chi connectivity index (χ1v) is 4.73. The Hall–Kier alpha value is -1.94. The highest BCUT2D eigenvalue weighted by molar-refractivity contribution is 6.32. The van der Waals surface area contributed by atoms with Crippen LogP contribution < -0.4 is 0 Å². The van der Waals surface area contributed by atoms with Crippen LogP contribution in [0, 0.1) is 10.1 Å². The predicted molar refractivity (Wildman–Crippen MR) is 65.0 cm³/mol. The van der Waals surface area contributed by atoms with Gasteiger partial charge < -0.3 is 0 Å². The molecule has 16 heavy (non-hydrogen) atoms. The first-order valence-electron chi connectivity index (χ1n) is 4.35. The first kappa shape index (κ1) is 12.1. The van der Waals surface area contributed by atoms with Crippen molar-refractivity contribution >= 4 is 23.0 Å². The van der Waals surface area contributed by atoms with E-state index in [1.54, 1.807) is 6.07 Å². The van der Waals surface area contributed by atoms with Crippen LogP contribution in [-0.2, 0) is 0 Å². The van der Waals surface area contributed by atoms with Crippen molar-refractivity contribution in [1.82, 2.24) is 0 Å². The van der Waals surface area contributed by atoms with E-state index in [1.165, 1.54) is 24.4 Å². The third-order valence-electron chi connectivity index (χ3n) is 1.86. The molecule has 82 valence electrons. The number of rotatable bonds is 4. The Bertz CT molecular complexity index is 481. The van der Waals surface area contributed by atoms with Crippen LogP contribution in [0.25, 0.3) is 0 Å². The lowest BCUT2D eigenvalue weighted by molar-refractivity contribution is -0.384. The smallest absolute Gasteiger partial charge is 0.258 e. The fourth-order valence-corrected chi connectivity index (χ4v) is 1.34. The maximum absolute atomic E-state index is 10.7. The summed E-state index contributed by atoms with van der Waals surface area (Å²) >= 11 is 5.69. The van der Waals surface area contributed by atoms with Gasteiger partial charge in [0, 0.05) is 17.8 Å². The molecule has 0 bridgehead atoms. The Labute approximate surface area is 97.7 Å². The van der Waals surface area contributed by atoms with E-state index in [2.05, 4.69) is 18.2 Å². The molecule has 0 heterocycles. The molecule has 0 spiro atoms. The lowest BCUT2D eigenvalue weighted by atomic mass is 10.1. The van der Waals surface area contributed by atoms with Crippen LogP contribution in [0.3, 0.4) is 0 Å². The maximum atomic E-state index is 10.7. The standard InChI is InChI=1S/C11H9ClN2O2/c1-3-10(13-4-2)8-5-6-9(12)11(7-8)14(15)16/h3-7H,1-2H2. The van der Waals surface area contributed by atoms with Gasteiger partial charge >= 0.3 is 0 Å². The number of nitro benzene ring substituents is 1. The Morgan fingerprint density at radius 1 is 1.50 bits per heavy atom. The minimum Gasteiger partial charge on any atom is -0.258 e. The van der Waals surface area contributed by atoms with Gasteiger partial charge in [0.05, 0.1) is 10.6 Å². The van der Waals surface area contributed by atoms with E-state index < -0.39 is 4.92 Å². The highest BCUT2D eigenvalue weighted by Crippen LogP contribution is 2.25. The summed E-state index contributed by atoms with van der Waals surface area (Å²) in [7, 11) is 0. The average Bonchev–Trinajstić information content (AvgIpc) is 2.26. The quantitative estimate of drug-likeness (QED) is 0.457. The third-order valence-corrected chi connectivity index (χ3v) is 2.18. The van der Waals surface area contributed by atoms with Gasteiger partial charge in [0.25, 0.3) is 5.69 Å². The van der Waals surface area contributed by atoms with Crippen molar-refractivity contribution < 1.29 is 4.92 Å². The Morgan fingerprint density at radius 3 is 2.69 bits per heavy atom. The largest absolute Gasteiger partial charge is 0.288 e. The molecule has 4 nitrogen and oxygen atoms in total. The van der Waals surface area contributed by atoms with E-state index in [9.17, 15) is 10.1 Å². The number of hydrogen-bond acceptors (Lipinski definition) is 3. The summed E-state index contributed by atoms with van der Waals surface area (Å²) in [5.74, 6) is 0. The molecule has 1 aromatic carbocycles. The van der Waals surface area contributed by atoms with Gasteiger partial charge in [-0.25, -0.2) is 0 Å². The van der Waals surface area contributed by atoms with Crippen molar-refractivity contribution in [2.45, 2.75) is 0 Å². The van der Waals surface area contributed by atoms with Crippen LogP contribution in [-0.4, -0.2) is 10.6 Å². The van der Waals surface area contributed by atoms with E-state index in [1.807, 2.05) is 0 Å². The fourth-order valence-electron chi connectivity index (χ4n) is 1.16. The summed E-state index contributed by atoms with van der Waals surface area (Å²) in [5.41, 5.74) is 0.929. The molecule has 0 aromatic heterocycles. The molecule has 0 saturated heterocycles. The number of benzene rings is 1. The second-order valence-electron chi connectivity index (χ2n) is 2.82. The first-order chi connectivity index (χ1) is 7.60. The summed E-state index contributed by atoms with van der Waals surface area (Å²) in [6.07, 6.45) is 2.84. The molecule has 1 rings (SSSR count). The zero-order valence-electron chi connectivity index (χ0n) is 8.39. The van der Waals surface area contributed by atoms with Crippen LogP contribution >= 0.6 is 11.6 Å². The summed E-state index contributed by atoms with van der Waals surface area (Å²) < 4.78 is 0. The number of aliphatic imine (C=N–C) groups is 1. The average molecular weight is 237 g/mol. The molecule has 0 atom stereocenters. The second kappa shape index (κ2) is 5.23. The van der Waals surface area contributed by atoms with Crippen molar-refractivity contribution in [3.63, 3.8) is 0 Å². The summed E-state index contributed by atoms with van der Waals surface area (Å²) in [5, 5.41) is 10.8. The van der Waals surface area contributed by atoms with Crippen molar-refractivity contribution in [2.75, 3.05) is 0 Å². The van der Waals surface area contributed by atoms with Crippen molar-refractivity contribution in [3.8, 4) is 0 Å². The lowest BCUT2D eigenvalue weighted by Crippen LogP contribution is -1.98. The zero-order chi connectivity index (χ0) is 12.1. The number of halogens is 1. The highest BCUT2D eigenvalue weighted by Gasteiger charge is 2.13. The third kappa shape index (κ3) is 2.55. The van der Waals surface area contributed by atoms with Crippen molar-refractivity contribution in [2.24, 2.45) is 4.99 Å². The Morgan fingerprint density at radius 2 is 2.19 bits per heavy atom. The minimum absolute atomic E-state index is 0.0933. The molecule has 0 aliphatic carbocycles. The summed E-state index contributed by atoms with van der Waals surface area (Å²) in [6, 6.07) is 4.45. The number of hydrogen-bond donors (Lipinski definition) is 0. The molecule has 0 aliphatic rings. The van der Waals surface area contributed by atoms with Gasteiger partial charge in [0.15, 0.2) is 0 Å². The summed E-state index contributed by atoms with van der Waals surface area (Å²) in [4.78, 5) is 14.1. The number of nitro groups is 1. The molecule has 5 heteroatoms. The van der Waals surface area contributed by atoms with Crippen LogP contribution in [0.1, 0.15) is 5.56 Å². The molecular formula is C11H9ClN2O2. The molecule has 0 N–H and O–H groups in total. The second-order valence-corrected chi connectivity index (χ2v) is 3.23. The van der Waals surface area contributed by atoms with Crippen molar-refractivity contribution in [3.05, 3.63) is 64.3 Å². The van der Waals surface area contributed by atoms with Crippen molar-refractivity contribution in [1.29, 1.82) is 0 Å². The molecule has 0 radical (unpaired) electrons. The summed E-state index contributed by atoms with van der Waals surface area (Å²) in [6.45, 7) is 7.03. The van der Waals surface area contributed by atoms with Gasteiger partial charge in [-0.3, -0.25) is 15.1 Å². The van der Waals surface area contributed by atoms with Gasteiger partial charge in [0.2, 0.25) is 0 Å². The predicted octanol–water partition coefficient (Wildman–Crippen LogP) is 3.37. The molecule has 0 unspecified atom stereocenters. The molecule has 0 aliphatic heterocycles. The van der Waals surface area contributed by atoms with E-state index in [0.29, 0.717) is 11.3 Å². The van der Waals surface area contributed by atoms with Gasteiger partial charge in [-0.15, -0.1) is 0 Å². The van der Waals surface area contributed by atoms with Gasteiger partial charge in [-0.1, -0.05) is 30.8 Å². The fraction of sp³-hybridized carbons (Fsp3) is 0. The molecule has 1 aromatic rings. The topological polar surface area (TPSA) is 55.5 Å². The van der Waals surface area contributed by atoms with E-state index >= 15 is 0 Å². The normalized spacial score (nSPS) is 10.9. The van der Waals surface area contributed by atoms with Crippen LogP contribution in [0.5, 0.6) is 0 Å². The van der Waals surface area contributed by atoms with Gasteiger partial charge in [-0.2, -0.15) is 0 Å². The van der Waals surface area contributed by atoms with Crippen LogP contribution in [0.2, 0.25) is 5.02 Å². The monoisotopic (exact) mass is 236 g/mol. The van der Waals surface area contributed by atoms with E-state index in [4.69, 9.17) is 11.6 Å². The minimum atomic E-state index is -0.541. The zero-order valence-corrected chi connectivity index (χ0v) is 9.15. The number of nitrogens with zero attached hydrogens (tertiary/aromatic N) is 2. The van der Waals surface area contributed by atoms with Crippen LogP contribution in [0.4, 0.5) is 5.69 Å². The highest BCUT2D eigenvalue weighted by atomic mass is 35.5. The van der Waals surface area contributed by atoms with Gasteiger partial charge in [0.1, 0.15) is 5.02 Å². The molecular weight excluding hydrogens is 228 g/mol. The molecule has 0 saturated carbocycles. The SMILES string of the molecule is C=CN=C(C=C)c1ccc(Cl)c([N+](=O)[O-])c1. The van der Waals surface area contributed by atoms with E-state index in [0.717, 1.165) is 0 Å². The molecule has 0 amide bonds. The Balaban J connectivity index is 3.31. The molecule has 0 fully saturated rings. The maximum Gasteiger partial charge on any atom is 0.288 e. The van der Waals surface area contributed by atoms with E-state index in [-0.39, 0.29) is 10.7 Å². The van der Waals surface area contributed by atoms with Gasteiger partial charge in [-0.05, 0) is 12.1 Å². The van der Waals surface area contributed by atoms with Crippen LogP contribution in [0.15, 0.2) is 48.6 Å². The lowest BCUT2D eigenvalue weighted by Gasteiger charge is -2.01. The number of allylic oxidation sites excluding steroid dienone is 1. The Kier molecular flexibility index (Phi) is 3.96.